The van der Waals surface area contributed by atoms with Gasteiger partial charge in [-0.25, -0.2) is 0 Å². The number of rotatable bonds is 0. The maximum absolute atomic E-state index is 4.34. The van der Waals surface area contributed by atoms with Gasteiger partial charge in [-0.3, -0.25) is 4.98 Å². The number of aryl methyl sites for hydroxylation is 1. The van der Waals surface area contributed by atoms with E-state index < -0.39 is 0 Å². The topological polar surface area (TPSA) is 12.9 Å². The van der Waals surface area contributed by atoms with Crippen molar-refractivity contribution in [3.63, 3.8) is 0 Å². The maximum atomic E-state index is 4.34. The van der Waals surface area contributed by atoms with Crippen LogP contribution in [-0.4, -0.2) is 4.98 Å². The van der Waals surface area contributed by atoms with E-state index in [0.29, 0.717) is 0 Å². The van der Waals surface area contributed by atoms with Crippen LogP contribution >= 0.6 is 0 Å². The highest BCUT2D eigenvalue weighted by molar-refractivity contribution is 5.58. The van der Waals surface area contributed by atoms with Gasteiger partial charge in [0, 0.05) is 12.6 Å². The Kier molecular flexibility index (Phi) is 1.78. The summed E-state index contributed by atoms with van der Waals surface area (Å²) in [7, 11) is 0. The Bertz CT molecular complexity index is 348. The minimum absolute atomic E-state index is 0.948. The van der Waals surface area contributed by atoms with Crippen LogP contribution in [-0.2, 0) is 6.42 Å². The van der Waals surface area contributed by atoms with Gasteiger partial charge in [0.05, 0.1) is 5.69 Å². The molecular weight excluding hydrogens is 146 g/mol. The molecule has 0 aliphatic heterocycles. The van der Waals surface area contributed by atoms with Gasteiger partial charge in [-0.2, -0.15) is 0 Å². The third-order valence-corrected chi connectivity index (χ3v) is 2.11. The molecular formula is C11H11N. The van der Waals surface area contributed by atoms with Gasteiger partial charge in [0.15, 0.2) is 0 Å². The average molecular weight is 157 g/mol. The van der Waals surface area contributed by atoms with Gasteiger partial charge in [0.25, 0.3) is 0 Å². The van der Waals surface area contributed by atoms with Crippen molar-refractivity contribution >= 4 is 6.08 Å². The molecule has 12 heavy (non-hydrogen) atoms. The highest BCUT2D eigenvalue weighted by atomic mass is 14.7. The Labute approximate surface area is 72.5 Å². The summed E-state index contributed by atoms with van der Waals surface area (Å²) in [5, 5.41) is 0. The first-order valence-electron chi connectivity index (χ1n) is 4.15. The second kappa shape index (κ2) is 2.94. The van der Waals surface area contributed by atoms with Crippen molar-refractivity contribution in [2.75, 3.05) is 0 Å². The molecule has 0 unspecified atom stereocenters. The van der Waals surface area contributed by atoms with Gasteiger partial charge in [-0.05, 0) is 24.1 Å². The molecule has 0 saturated carbocycles. The molecule has 0 atom stereocenters. The molecule has 0 aromatic carbocycles. The molecule has 0 amide bonds. The Hall–Kier alpha value is -1.37. The Balaban J connectivity index is 2.59. The van der Waals surface area contributed by atoms with Gasteiger partial charge in [0.1, 0.15) is 0 Å². The summed E-state index contributed by atoms with van der Waals surface area (Å²) in [6.07, 6.45) is 11.2. The average Bonchev–Trinajstić information content (AvgIpc) is 2.30. The van der Waals surface area contributed by atoms with E-state index in [1.165, 1.54) is 16.8 Å². The first-order chi connectivity index (χ1) is 5.88. The van der Waals surface area contributed by atoms with Crippen molar-refractivity contribution in [2.45, 2.75) is 13.3 Å². The summed E-state index contributed by atoms with van der Waals surface area (Å²) in [4.78, 5) is 4.34. The monoisotopic (exact) mass is 157 g/mol. The molecule has 1 nitrogen and oxygen atoms in total. The number of hydrogen-bond acceptors (Lipinski definition) is 1. The highest BCUT2D eigenvalue weighted by Crippen LogP contribution is 2.16. The lowest BCUT2D eigenvalue weighted by atomic mass is 10.1. The standard InChI is InChI=1S/C11H11N/c1-9-7-8-12-11-6-4-2-3-5-10(9)11/h2-5,7-8H,6H2,1H3. The van der Waals surface area contributed by atoms with Crippen molar-refractivity contribution in [3.8, 4) is 0 Å². The SMILES string of the molecule is Cc1ccnc2c1C=CC=CC2. The summed E-state index contributed by atoms with van der Waals surface area (Å²) >= 11 is 0. The van der Waals surface area contributed by atoms with Crippen molar-refractivity contribution in [3.05, 3.63) is 47.3 Å². The summed E-state index contributed by atoms with van der Waals surface area (Å²) in [6, 6.07) is 2.05. The Morgan fingerprint density at radius 1 is 1.33 bits per heavy atom. The van der Waals surface area contributed by atoms with Crippen molar-refractivity contribution < 1.29 is 0 Å². The first kappa shape index (κ1) is 7.29. The highest BCUT2D eigenvalue weighted by Gasteiger charge is 2.03. The van der Waals surface area contributed by atoms with Gasteiger partial charge in [-0.15, -0.1) is 0 Å². The molecule has 1 aliphatic carbocycles. The molecule has 60 valence electrons. The Morgan fingerprint density at radius 3 is 3.17 bits per heavy atom. The molecule has 2 rings (SSSR count). The number of hydrogen-bond donors (Lipinski definition) is 0. The number of aromatic nitrogens is 1. The van der Waals surface area contributed by atoms with Crippen LogP contribution in [0.5, 0.6) is 0 Å². The molecule has 1 heteroatoms. The van der Waals surface area contributed by atoms with Crippen LogP contribution < -0.4 is 0 Å². The first-order valence-corrected chi connectivity index (χ1v) is 4.15. The summed E-state index contributed by atoms with van der Waals surface area (Å²) in [5.41, 5.74) is 3.77. The third kappa shape index (κ3) is 1.18. The number of fused-ring (bicyclic) bond motifs is 1. The summed E-state index contributed by atoms with van der Waals surface area (Å²) in [6.45, 7) is 2.12. The minimum Gasteiger partial charge on any atom is -0.260 e. The lowest BCUT2D eigenvalue weighted by Crippen LogP contribution is -1.93. The van der Waals surface area contributed by atoms with Gasteiger partial charge in [0.2, 0.25) is 0 Å². The fourth-order valence-electron chi connectivity index (χ4n) is 1.43. The van der Waals surface area contributed by atoms with Crippen LogP contribution in [0.2, 0.25) is 0 Å². The maximum Gasteiger partial charge on any atom is 0.0516 e. The second-order valence-electron chi connectivity index (χ2n) is 2.98. The zero-order valence-electron chi connectivity index (χ0n) is 7.12. The van der Waals surface area contributed by atoms with E-state index in [9.17, 15) is 0 Å². The molecule has 1 aliphatic rings. The second-order valence-corrected chi connectivity index (χ2v) is 2.98. The molecule has 0 bridgehead atoms. The normalized spacial score (nSPS) is 14.1. The molecule has 1 heterocycles. The number of nitrogens with zero attached hydrogens (tertiary/aromatic N) is 1. The lowest BCUT2D eigenvalue weighted by molar-refractivity contribution is 1.09. The molecule has 0 saturated heterocycles. The Morgan fingerprint density at radius 2 is 2.25 bits per heavy atom. The molecule has 0 spiro atoms. The van der Waals surface area contributed by atoms with Crippen LogP contribution in [0.4, 0.5) is 0 Å². The lowest BCUT2D eigenvalue weighted by Gasteiger charge is -2.03. The van der Waals surface area contributed by atoms with Crippen LogP contribution in [0.15, 0.2) is 30.5 Å². The summed E-state index contributed by atoms with van der Waals surface area (Å²) in [5.74, 6) is 0. The largest absolute Gasteiger partial charge is 0.260 e. The van der Waals surface area contributed by atoms with Crippen LogP contribution in [0.3, 0.4) is 0 Å². The zero-order valence-corrected chi connectivity index (χ0v) is 7.12. The van der Waals surface area contributed by atoms with E-state index >= 15 is 0 Å². The number of pyridine rings is 1. The fraction of sp³-hybridized carbons (Fsp3) is 0.182. The van der Waals surface area contributed by atoms with Gasteiger partial charge < -0.3 is 0 Å². The smallest absolute Gasteiger partial charge is 0.0516 e. The van der Waals surface area contributed by atoms with Crippen LogP contribution in [0, 0.1) is 6.92 Å². The zero-order chi connectivity index (χ0) is 8.39. The van der Waals surface area contributed by atoms with E-state index in [2.05, 4.69) is 42.3 Å². The van der Waals surface area contributed by atoms with Gasteiger partial charge in [-0.1, -0.05) is 24.3 Å². The molecule has 1 aromatic heterocycles. The predicted octanol–water partition coefficient (Wildman–Crippen LogP) is 2.52. The quantitative estimate of drug-likeness (QED) is 0.564. The van der Waals surface area contributed by atoms with E-state index in [4.69, 9.17) is 0 Å². The van der Waals surface area contributed by atoms with Crippen molar-refractivity contribution in [1.29, 1.82) is 0 Å². The predicted molar refractivity (Wildman–Crippen MR) is 50.9 cm³/mol. The van der Waals surface area contributed by atoms with E-state index in [0.717, 1.165) is 6.42 Å². The van der Waals surface area contributed by atoms with E-state index in [1.807, 2.05) is 6.20 Å². The number of allylic oxidation sites excluding steroid dienone is 3. The molecule has 0 fully saturated rings. The summed E-state index contributed by atoms with van der Waals surface area (Å²) < 4.78 is 0. The molecule has 1 aromatic rings. The van der Waals surface area contributed by atoms with E-state index in [1.54, 1.807) is 0 Å². The van der Waals surface area contributed by atoms with Crippen molar-refractivity contribution in [1.82, 2.24) is 4.98 Å². The molecule has 0 radical (unpaired) electrons. The van der Waals surface area contributed by atoms with Crippen LogP contribution in [0.1, 0.15) is 16.8 Å². The fourth-order valence-corrected chi connectivity index (χ4v) is 1.43. The van der Waals surface area contributed by atoms with E-state index in [-0.39, 0.29) is 0 Å². The molecule has 0 N–H and O–H groups in total. The minimum atomic E-state index is 0.948. The van der Waals surface area contributed by atoms with Gasteiger partial charge >= 0.3 is 0 Å². The van der Waals surface area contributed by atoms with Crippen LogP contribution in [0.25, 0.3) is 6.08 Å². The third-order valence-electron chi connectivity index (χ3n) is 2.11. The van der Waals surface area contributed by atoms with Crippen molar-refractivity contribution in [2.24, 2.45) is 0 Å².